The second-order valence-corrected chi connectivity index (χ2v) is 6.49. The second kappa shape index (κ2) is 4.59. The Morgan fingerprint density at radius 2 is 2.41 bits per heavy atom. The van der Waals surface area contributed by atoms with Gasteiger partial charge in [-0.05, 0) is 25.5 Å². The van der Waals surface area contributed by atoms with Crippen LogP contribution in [-0.4, -0.2) is 34.7 Å². The fourth-order valence-electron chi connectivity index (χ4n) is 2.44. The van der Waals surface area contributed by atoms with E-state index in [2.05, 4.69) is 22.1 Å². The van der Waals surface area contributed by atoms with E-state index in [0.717, 1.165) is 30.2 Å². The molecule has 0 saturated carbocycles. The summed E-state index contributed by atoms with van der Waals surface area (Å²) in [7, 11) is 0. The Balaban J connectivity index is 1.52. The fourth-order valence-corrected chi connectivity index (χ4v) is 3.91. The number of rotatable bonds is 3. The van der Waals surface area contributed by atoms with Gasteiger partial charge in [-0.15, -0.1) is 11.8 Å². The van der Waals surface area contributed by atoms with Gasteiger partial charge in [0, 0.05) is 29.3 Å². The summed E-state index contributed by atoms with van der Waals surface area (Å²) >= 11 is 2.07. The van der Waals surface area contributed by atoms with Gasteiger partial charge in [-0.3, -0.25) is 4.98 Å². The summed E-state index contributed by atoms with van der Waals surface area (Å²) in [5, 5.41) is 3.36. The van der Waals surface area contributed by atoms with Gasteiger partial charge in [-0.1, -0.05) is 6.07 Å². The minimum atomic E-state index is 0.407. The molecule has 92 valence electrons. The highest BCUT2D eigenvalue weighted by Gasteiger charge is 2.44. The van der Waals surface area contributed by atoms with Gasteiger partial charge in [-0.25, -0.2) is 0 Å². The number of nitrogens with zero attached hydrogens (tertiary/aromatic N) is 1. The van der Waals surface area contributed by atoms with Crippen LogP contribution in [0.5, 0.6) is 0 Å². The lowest BCUT2D eigenvalue weighted by Crippen LogP contribution is -2.56. The third-order valence-electron chi connectivity index (χ3n) is 3.48. The molecular weight excluding hydrogens is 232 g/mol. The lowest BCUT2D eigenvalue weighted by Gasteiger charge is -2.38. The number of thioether (sulfide) groups is 1. The SMILES string of the molecule is Cc1cccc(CO[C@H]2CSC3(CNC3)C2)n1. The van der Waals surface area contributed by atoms with Gasteiger partial charge in [0.15, 0.2) is 0 Å². The monoisotopic (exact) mass is 250 g/mol. The van der Waals surface area contributed by atoms with E-state index >= 15 is 0 Å². The Morgan fingerprint density at radius 1 is 1.53 bits per heavy atom. The highest BCUT2D eigenvalue weighted by Crippen LogP contribution is 2.42. The van der Waals surface area contributed by atoms with Crippen LogP contribution < -0.4 is 5.32 Å². The molecule has 17 heavy (non-hydrogen) atoms. The molecule has 1 N–H and O–H groups in total. The molecule has 0 aromatic carbocycles. The topological polar surface area (TPSA) is 34.1 Å². The van der Waals surface area contributed by atoms with Gasteiger partial charge in [0.05, 0.1) is 18.4 Å². The third-order valence-corrected chi connectivity index (χ3v) is 5.09. The fraction of sp³-hybridized carbons (Fsp3) is 0.615. The number of aromatic nitrogens is 1. The molecular formula is C13H18N2OS. The summed E-state index contributed by atoms with van der Waals surface area (Å²) in [5.41, 5.74) is 2.11. The van der Waals surface area contributed by atoms with Crippen LogP contribution in [0.25, 0.3) is 0 Å². The maximum absolute atomic E-state index is 5.96. The first-order chi connectivity index (χ1) is 8.26. The molecule has 2 fully saturated rings. The van der Waals surface area contributed by atoms with E-state index in [4.69, 9.17) is 4.74 Å². The summed E-state index contributed by atoms with van der Waals surface area (Å²) < 4.78 is 6.45. The maximum Gasteiger partial charge on any atom is 0.0892 e. The molecule has 0 bridgehead atoms. The minimum absolute atomic E-state index is 0.407. The number of pyridine rings is 1. The number of aryl methyl sites for hydroxylation is 1. The molecule has 0 aliphatic carbocycles. The van der Waals surface area contributed by atoms with Crippen LogP contribution >= 0.6 is 11.8 Å². The van der Waals surface area contributed by atoms with Crippen molar-refractivity contribution in [3.05, 3.63) is 29.6 Å². The zero-order chi connectivity index (χ0) is 11.7. The van der Waals surface area contributed by atoms with Crippen molar-refractivity contribution in [2.75, 3.05) is 18.8 Å². The Labute approximate surface area is 106 Å². The molecule has 3 nitrogen and oxygen atoms in total. The second-order valence-electron chi connectivity index (χ2n) is 5.01. The lowest BCUT2D eigenvalue weighted by atomic mass is 9.96. The predicted molar refractivity (Wildman–Crippen MR) is 70.2 cm³/mol. The van der Waals surface area contributed by atoms with Crippen LogP contribution in [0.4, 0.5) is 0 Å². The van der Waals surface area contributed by atoms with E-state index < -0.39 is 0 Å². The van der Waals surface area contributed by atoms with Crippen LogP contribution in [0, 0.1) is 6.92 Å². The normalized spacial score (nSPS) is 26.1. The first-order valence-electron chi connectivity index (χ1n) is 6.15. The van der Waals surface area contributed by atoms with Gasteiger partial charge >= 0.3 is 0 Å². The maximum atomic E-state index is 5.96. The molecule has 1 aromatic rings. The van der Waals surface area contributed by atoms with Crippen molar-refractivity contribution in [3.63, 3.8) is 0 Å². The molecule has 3 rings (SSSR count). The highest BCUT2D eigenvalue weighted by atomic mass is 32.2. The van der Waals surface area contributed by atoms with Crippen molar-refractivity contribution >= 4 is 11.8 Å². The summed E-state index contributed by atoms with van der Waals surface area (Å²) in [5.74, 6) is 1.13. The van der Waals surface area contributed by atoms with Crippen molar-refractivity contribution < 1.29 is 4.74 Å². The van der Waals surface area contributed by atoms with Crippen molar-refractivity contribution in [2.24, 2.45) is 0 Å². The number of hydrogen-bond acceptors (Lipinski definition) is 4. The van der Waals surface area contributed by atoms with Crippen molar-refractivity contribution in [3.8, 4) is 0 Å². The smallest absolute Gasteiger partial charge is 0.0892 e. The van der Waals surface area contributed by atoms with E-state index in [-0.39, 0.29) is 0 Å². The summed E-state index contributed by atoms with van der Waals surface area (Å²) in [4.78, 5) is 4.46. The van der Waals surface area contributed by atoms with Crippen molar-refractivity contribution in [2.45, 2.75) is 30.8 Å². The zero-order valence-corrected chi connectivity index (χ0v) is 10.9. The molecule has 1 aromatic heterocycles. The Morgan fingerprint density at radius 3 is 3.06 bits per heavy atom. The average Bonchev–Trinajstić information content (AvgIpc) is 2.71. The van der Waals surface area contributed by atoms with Crippen molar-refractivity contribution in [1.82, 2.24) is 10.3 Å². The molecule has 2 aliphatic rings. The number of nitrogens with one attached hydrogen (secondary N) is 1. The Bertz CT molecular complexity index is 406. The van der Waals surface area contributed by atoms with Crippen molar-refractivity contribution in [1.29, 1.82) is 0 Å². The van der Waals surface area contributed by atoms with E-state index in [1.54, 1.807) is 0 Å². The van der Waals surface area contributed by atoms with E-state index in [9.17, 15) is 0 Å². The summed E-state index contributed by atoms with van der Waals surface area (Å²) in [6.45, 7) is 4.97. The summed E-state index contributed by atoms with van der Waals surface area (Å²) in [6, 6.07) is 6.10. The van der Waals surface area contributed by atoms with Gasteiger partial charge in [-0.2, -0.15) is 0 Å². The Hall–Kier alpha value is -0.580. The molecule has 0 amide bonds. The molecule has 0 radical (unpaired) electrons. The third kappa shape index (κ3) is 2.49. The molecule has 3 heterocycles. The molecule has 1 atom stereocenters. The van der Waals surface area contributed by atoms with Gasteiger partial charge in [0.25, 0.3) is 0 Å². The number of hydrogen-bond donors (Lipinski definition) is 1. The quantitative estimate of drug-likeness (QED) is 0.886. The van der Waals surface area contributed by atoms with Crippen LogP contribution in [0.1, 0.15) is 17.8 Å². The minimum Gasteiger partial charge on any atom is -0.371 e. The van der Waals surface area contributed by atoms with Crippen LogP contribution in [-0.2, 0) is 11.3 Å². The van der Waals surface area contributed by atoms with Crippen LogP contribution in [0.3, 0.4) is 0 Å². The molecule has 2 aliphatic heterocycles. The van der Waals surface area contributed by atoms with Crippen LogP contribution in [0.2, 0.25) is 0 Å². The van der Waals surface area contributed by atoms with Gasteiger partial charge < -0.3 is 10.1 Å². The largest absolute Gasteiger partial charge is 0.371 e. The van der Waals surface area contributed by atoms with Gasteiger partial charge in [0.2, 0.25) is 0 Å². The van der Waals surface area contributed by atoms with E-state index in [1.807, 2.05) is 25.1 Å². The van der Waals surface area contributed by atoms with Gasteiger partial charge in [0.1, 0.15) is 0 Å². The number of ether oxygens (including phenoxy) is 1. The standard InChI is InChI=1S/C13H18N2OS/c1-10-3-2-4-11(15-10)6-16-12-5-13(17-7-12)8-14-9-13/h2-4,12,14H,5-9H2,1H3/t12-/m1/s1. The molecule has 1 spiro atoms. The lowest BCUT2D eigenvalue weighted by molar-refractivity contribution is 0.0442. The highest BCUT2D eigenvalue weighted by molar-refractivity contribution is 8.01. The molecule has 0 unspecified atom stereocenters. The first-order valence-corrected chi connectivity index (χ1v) is 7.13. The Kier molecular flexibility index (Phi) is 3.11. The average molecular weight is 250 g/mol. The van der Waals surface area contributed by atoms with Crippen LogP contribution in [0.15, 0.2) is 18.2 Å². The molecule has 2 saturated heterocycles. The van der Waals surface area contributed by atoms with E-state index in [1.165, 1.54) is 6.42 Å². The summed E-state index contributed by atoms with van der Waals surface area (Å²) in [6.07, 6.45) is 1.60. The first kappa shape index (κ1) is 11.5. The van der Waals surface area contributed by atoms with E-state index in [0.29, 0.717) is 17.5 Å². The zero-order valence-electron chi connectivity index (χ0n) is 10.1. The molecule has 4 heteroatoms. The predicted octanol–water partition coefficient (Wildman–Crippen LogP) is 1.75.